The molecular weight excluding hydrogens is 266 g/mol. The van der Waals surface area contributed by atoms with Crippen LogP contribution in [0.2, 0.25) is 0 Å². The number of halogens is 1. The van der Waals surface area contributed by atoms with Crippen LogP contribution in [0, 0.1) is 0 Å². The number of likely N-dealkylation sites (N-methyl/N-ethyl adjacent to an activating group) is 1. The van der Waals surface area contributed by atoms with Crippen molar-refractivity contribution in [3.63, 3.8) is 0 Å². The van der Waals surface area contributed by atoms with Crippen LogP contribution in [-0.2, 0) is 13.0 Å². The molecule has 0 aliphatic carbocycles. The summed E-state index contributed by atoms with van der Waals surface area (Å²) in [7, 11) is 2.11. The van der Waals surface area contributed by atoms with Gasteiger partial charge in [0.1, 0.15) is 0 Å². The third-order valence-corrected chi connectivity index (χ3v) is 3.91. The molecule has 0 radical (unpaired) electrons. The summed E-state index contributed by atoms with van der Waals surface area (Å²) in [5.74, 6) is 0. The van der Waals surface area contributed by atoms with Gasteiger partial charge in [-0.15, -0.1) is 11.6 Å². The van der Waals surface area contributed by atoms with Crippen molar-refractivity contribution in [1.29, 1.82) is 0 Å². The number of aryl methyl sites for hydroxylation is 1. The Bertz CT molecular complexity index is 507. The van der Waals surface area contributed by atoms with Gasteiger partial charge in [-0.05, 0) is 30.2 Å². The molecule has 0 aliphatic heterocycles. The Kier molecular flexibility index (Phi) is 5.63. The maximum absolute atomic E-state index is 6.52. The third kappa shape index (κ3) is 4.36. The summed E-state index contributed by atoms with van der Waals surface area (Å²) in [5, 5.41) is 0.0367. The fourth-order valence-corrected chi connectivity index (χ4v) is 2.68. The van der Waals surface area contributed by atoms with E-state index in [-0.39, 0.29) is 5.38 Å². The average Bonchev–Trinajstić information content (AvgIpc) is 2.48. The largest absolute Gasteiger partial charge is 0.300 e. The van der Waals surface area contributed by atoms with E-state index in [1.807, 2.05) is 6.07 Å². The van der Waals surface area contributed by atoms with E-state index in [1.165, 1.54) is 16.7 Å². The summed E-state index contributed by atoms with van der Waals surface area (Å²) in [6, 6.07) is 19.1. The van der Waals surface area contributed by atoms with E-state index in [0.29, 0.717) is 0 Å². The Morgan fingerprint density at radius 3 is 2.20 bits per heavy atom. The number of rotatable bonds is 6. The highest BCUT2D eigenvalue weighted by atomic mass is 35.5. The Morgan fingerprint density at radius 1 is 0.950 bits per heavy atom. The molecule has 0 saturated heterocycles. The average molecular weight is 288 g/mol. The van der Waals surface area contributed by atoms with Crippen molar-refractivity contribution >= 4 is 11.6 Å². The fraction of sp³-hybridized carbons (Fsp3) is 0.333. The van der Waals surface area contributed by atoms with Gasteiger partial charge in [-0.3, -0.25) is 0 Å². The topological polar surface area (TPSA) is 3.24 Å². The van der Waals surface area contributed by atoms with Crippen molar-refractivity contribution in [3.8, 4) is 0 Å². The van der Waals surface area contributed by atoms with Crippen molar-refractivity contribution in [2.24, 2.45) is 0 Å². The molecule has 0 heterocycles. The van der Waals surface area contributed by atoms with Crippen LogP contribution in [0.3, 0.4) is 0 Å². The van der Waals surface area contributed by atoms with Crippen molar-refractivity contribution < 1.29 is 0 Å². The molecule has 1 atom stereocenters. The molecule has 20 heavy (non-hydrogen) atoms. The van der Waals surface area contributed by atoms with E-state index in [9.17, 15) is 0 Å². The second kappa shape index (κ2) is 7.47. The summed E-state index contributed by atoms with van der Waals surface area (Å²) >= 11 is 6.52. The molecule has 0 amide bonds. The summed E-state index contributed by atoms with van der Waals surface area (Å²) in [4.78, 5) is 2.26. The van der Waals surface area contributed by atoms with Crippen LogP contribution in [-0.4, -0.2) is 18.5 Å². The van der Waals surface area contributed by atoms with Crippen LogP contribution in [0.4, 0.5) is 0 Å². The van der Waals surface area contributed by atoms with E-state index in [0.717, 1.165) is 19.5 Å². The second-order valence-electron chi connectivity index (χ2n) is 5.25. The van der Waals surface area contributed by atoms with E-state index in [4.69, 9.17) is 11.6 Å². The van der Waals surface area contributed by atoms with Crippen LogP contribution in [0.15, 0.2) is 54.6 Å². The van der Waals surface area contributed by atoms with Crippen LogP contribution < -0.4 is 0 Å². The SMILES string of the molecule is CCc1ccc(C(Cl)CN(C)Cc2ccccc2)cc1. The molecule has 0 N–H and O–H groups in total. The van der Waals surface area contributed by atoms with Crippen LogP contribution in [0.25, 0.3) is 0 Å². The Labute approximate surface area is 127 Å². The van der Waals surface area contributed by atoms with Gasteiger partial charge in [-0.1, -0.05) is 61.5 Å². The van der Waals surface area contributed by atoms with Crippen molar-refractivity contribution in [3.05, 3.63) is 71.3 Å². The summed E-state index contributed by atoms with van der Waals surface area (Å²) in [6.07, 6.45) is 1.07. The first-order valence-electron chi connectivity index (χ1n) is 7.14. The number of alkyl halides is 1. The molecule has 2 aromatic rings. The lowest BCUT2D eigenvalue weighted by atomic mass is 10.1. The maximum atomic E-state index is 6.52. The van der Waals surface area contributed by atoms with Crippen LogP contribution >= 0.6 is 11.6 Å². The van der Waals surface area contributed by atoms with E-state index >= 15 is 0 Å². The Hall–Kier alpha value is -1.31. The Balaban J connectivity index is 1.91. The van der Waals surface area contributed by atoms with Gasteiger partial charge in [-0.25, -0.2) is 0 Å². The molecule has 2 heteroatoms. The molecule has 0 spiro atoms. The van der Waals surface area contributed by atoms with Crippen molar-refractivity contribution in [2.45, 2.75) is 25.3 Å². The van der Waals surface area contributed by atoms with Crippen molar-refractivity contribution in [1.82, 2.24) is 4.90 Å². The van der Waals surface area contributed by atoms with Gasteiger partial charge in [0, 0.05) is 13.1 Å². The first-order chi connectivity index (χ1) is 9.69. The molecule has 0 bridgehead atoms. The minimum absolute atomic E-state index is 0.0367. The summed E-state index contributed by atoms with van der Waals surface area (Å²) in [5.41, 5.74) is 3.87. The van der Waals surface area contributed by atoms with Gasteiger partial charge in [0.25, 0.3) is 0 Å². The Morgan fingerprint density at radius 2 is 1.60 bits per heavy atom. The lowest BCUT2D eigenvalue weighted by Gasteiger charge is -2.20. The third-order valence-electron chi connectivity index (χ3n) is 3.52. The molecule has 1 unspecified atom stereocenters. The first-order valence-corrected chi connectivity index (χ1v) is 7.58. The first kappa shape index (κ1) is 15.1. The fourth-order valence-electron chi connectivity index (χ4n) is 2.30. The minimum atomic E-state index is 0.0367. The number of benzene rings is 2. The number of hydrogen-bond acceptors (Lipinski definition) is 1. The lowest BCUT2D eigenvalue weighted by molar-refractivity contribution is 0.327. The molecule has 0 fully saturated rings. The smallest absolute Gasteiger partial charge is 0.0712 e. The van der Waals surface area contributed by atoms with Gasteiger partial charge in [-0.2, -0.15) is 0 Å². The molecule has 106 valence electrons. The molecule has 0 saturated carbocycles. The van der Waals surface area contributed by atoms with Crippen molar-refractivity contribution in [2.75, 3.05) is 13.6 Å². The zero-order chi connectivity index (χ0) is 14.4. The standard InChI is InChI=1S/C18H22ClN/c1-3-15-9-11-17(12-10-15)18(19)14-20(2)13-16-7-5-4-6-8-16/h4-12,18H,3,13-14H2,1-2H3. The summed E-state index contributed by atoms with van der Waals surface area (Å²) < 4.78 is 0. The predicted molar refractivity (Wildman–Crippen MR) is 87.2 cm³/mol. The minimum Gasteiger partial charge on any atom is -0.300 e. The van der Waals surface area contributed by atoms with Gasteiger partial charge in [0.15, 0.2) is 0 Å². The van der Waals surface area contributed by atoms with Crippen LogP contribution in [0.5, 0.6) is 0 Å². The lowest BCUT2D eigenvalue weighted by Crippen LogP contribution is -2.22. The van der Waals surface area contributed by atoms with Gasteiger partial charge >= 0.3 is 0 Å². The zero-order valence-electron chi connectivity index (χ0n) is 12.2. The van der Waals surface area contributed by atoms with Crippen LogP contribution in [0.1, 0.15) is 29.0 Å². The quantitative estimate of drug-likeness (QED) is 0.699. The molecule has 0 aliphatic rings. The molecule has 1 nitrogen and oxygen atoms in total. The van der Waals surface area contributed by atoms with Gasteiger partial charge < -0.3 is 4.90 Å². The summed E-state index contributed by atoms with van der Waals surface area (Å²) in [6.45, 7) is 3.94. The molecule has 2 rings (SSSR count). The number of hydrogen-bond donors (Lipinski definition) is 0. The molecule has 2 aromatic carbocycles. The normalized spacial score (nSPS) is 12.6. The number of nitrogens with zero attached hydrogens (tertiary/aromatic N) is 1. The zero-order valence-corrected chi connectivity index (χ0v) is 13.0. The molecular formula is C18H22ClN. The van der Waals surface area contributed by atoms with E-state index < -0.39 is 0 Å². The molecule has 0 aromatic heterocycles. The van der Waals surface area contributed by atoms with Gasteiger partial charge in [0.2, 0.25) is 0 Å². The highest BCUT2D eigenvalue weighted by Crippen LogP contribution is 2.22. The maximum Gasteiger partial charge on any atom is 0.0712 e. The van der Waals surface area contributed by atoms with E-state index in [1.54, 1.807) is 0 Å². The van der Waals surface area contributed by atoms with E-state index in [2.05, 4.69) is 67.4 Å². The highest BCUT2D eigenvalue weighted by Gasteiger charge is 2.11. The highest BCUT2D eigenvalue weighted by molar-refractivity contribution is 6.21. The second-order valence-corrected chi connectivity index (χ2v) is 5.77. The monoisotopic (exact) mass is 287 g/mol. The van der Waals surface area contributed by atoms with Gasteiger partial charge in [0.05, 0.1) is 5.38 Å². The predicted octanol–water partition coefficient (Wildman–Crippen LogP) is 4.66.